The standard InChI is InChI=1S/C26H25N3O3/c1-19-23(18-28-13-15-29(16-14-28)26(30)24-8-5-17-31-24)27-25(32-19)22-11-9-21(10-12-22)20-6-3-2-4-7-20/h2-12,17H,13-16,18H2,1H3. The molecule has 1 amide bonds. The van der Waals surface area contributed by atoms with Crippen LogP contribution in [-0.2, 0) is 6.54 Å². The number of rotatable bonds is 5. The van der Waals surface area contributed by atoms with E-state index in [1.54, 1.807) is 12.1 Å². The maximum Gasteiger partial charge on any atom is 0.289 e. The normalized spacial score (nSPS) is 14.6. The van der Waals surface area contributed by atoms with Crippen LogP contribution in [0.2, 0.25) is 0 Å². The van der Waals surface area contributed by atoms with Crippen LogP contribution in [-0.4, -0.2) is 46.9 Å². The number of hydrogen-bond acceptors (Lipinski definition) is 5. The fourth-order valence-electron chi connectivity index (χ4n) is 4.01. The van der Waals surface area contributed by atoms with Gasteiger partial charge in [-0.05, 0) is 42.3 Å². The number of carbonyl (C=O) groups excluding carboxylic acids is 1. The van der Waals surface area contributed by atoms with Crippen molar-refractivity contribution in [1.29, 1.82) is 0 Å². The number of hydrogen-bond donors (Lipinski definition) is 0. The van der Waals surface area contributed by atoms with Crippen LogP contribution < -0.4 is 0 Å². The zero-order chi connectivity index (χ0) is 21.9. The van der Waals surface area contributed by atoms with Crippen LogP contribution in [0.5, 0.6) is 0 Å². The first-order valence-electron chi connectivity index (χ1n) is 10.8. The lowest BCUT2D eigenvalue weighted by atomic mass is 10.0. The summed E-state index contributed by atoms with van der Waals surface area (Å²) in [5, 5.41) is 0. The number of oxazole rings is 1. The summed E-state index contributed by atoms with van der Waals surface area (Å²) in [6.45, 7) is 5.59. The van der Waals surface area contributed by atoms with E-state index >= 15 is 0 Å². The average Bonchev–Trinajstić information content (AvgIpc) is 3.50. The first-order valence-corrected chi connectivity index (χ1v) is 10.8. The second-order valence-corrected chi connectivity index (χ2v) is 8.01. The molecule has 0 N–H and O–H groups in total. The highest BCUT2D eigenvalue weighted by atomic mass is 16.4. The Bertz CT molecular complexity index is 1170. The first kappa shape index (κ1) is 20.3. The van der Waals surface area contributed by atoms with Crippen molar-refractivity contribution >= 4 is 5.91 Å². The molecular formula is C26H25N3O3. The zero-order valence-corrected chi connectivity index (χ0v) is 18.0. The summed E-state index contributed by atoms with van der Waals surface area (Å²) in [6, 6.07) is 22.1. The minimum Gasteiger partial charge on any atom is -0.459 e. The molecular weight excluding hydrogens is 402 g/mol. The number of carbonyl (C=O) groups is 1. The van der Waals surface area contributed by atoms with Gasteiger partial charge in [-0.15, -0.1) is 0 Å². The highest BCUT2D eigenvalue weighted by Crippen LogP contribution is 2.26. The van der Waals surface area contributed by atoms with Crippen LogP contribution in [0.15, 0.2) is 81.8 Å². The van der Waals surface area contributed by atoms with Gasteiger partial charge in [0.05, 0.1) is 12.0 Å². The summed E-state index contributed by atoms with van der Waals surface area (Å²) in [7, 11) is 0. The molecule has 1 aliphatic heterocycles. The van der Waals surface area contributed by atoms with E-state index in [-0.39, 0.29) is 5.91 Å². The molecule has 6 nitrogen and oxygen atoms in total. The molecule has 0 aliphatic carbocycles. The van der Waals surface area contributed by atoms with Gasteiger partial charge in [0.2, 0.25) is 5.89 Å². The van der Waals surface area contributed by atoms with Gasteiger partial charge in [0.1, 0.15) is 5.76 Å². The molecule has 2 aromatic heterocycles. The Balaban J connectivity index is 1.22. The second kappa shape index (κ2) is 8.85. The molecule has 1 fully saturated rings. The van der Waals surface area contributed by atoms with Crippen LogP contribution >= 0.6 is 0 Å². The van der Waals surface area contributed by atoms with Gasteiger partial charge in [-0.1, -0.05) is 42.5 Å². The lowest BCUT2D eigenvalue weighted by Gasteiger charge is -2.33. The van der Waals surface area contributed by atoms with Crippen LogP contribution in [0.25, 0.3) is 22.6 Å². The van der Waals surface area contributed by atoms with Gasteiger partial charge in [-0.3, -0.25) is 9.69 Å². The van der Waals surface area contributed by atoms with Crippen molar-refractivity contribution in [3.05, 3.63) is 90.2 Å². The molecule has 6 heteroatoms. The monoisotopic (exact) mass is 427 g/mol. The number of benzene rings is 2. The molecule has 2 aromatic carbocycles. The molecule has 0 radical (unpaired) electrons. The molecule has 1 saturated heterocycles. The Morgan fingerprint density at radius 3 is 2.25 bits per heavy atom. The summed E-state index contributed by atoms with van der Waals surface area (Å²) in [4.78, 5) is 21.4. The van der Waals surface area contributed by atoms with Crippen molar-refractivity contribution in [3.63, 3.8) is 0 Å². The van der Waals surface area contributed by atoms with E-state index in [1.165, 1.54) is 17.4 Å². The van der Waals surface area contributed by atoms with E-state index in [0.717, 1.165) is 30.1 Å². The molecule has 1 aliphatic rings. The Kier molecular flexibility index (Phi) is 5.60. The van der Waals surface area contributed by atoms with Crippen LogP contribution in [0.1, 0.15) is 22.0 Å². The number of amides is 1. The van der Waals surface area contributed by atoms with Crippen LogP contribution in [0.3, 0.4) is 0 Å². The highest BCUT2D eigenvalue weighted by molar-refractivity contribution is 5.91. The fraction of sp³-hybridized carbons (Fsp3) is 0.231. The van der Waals surface area contributed by atoms with Crippen molar-refractivity contribution in [3.8, 4) is 22.6 Å². The summed E-state index contributed by atoms with van der Waals surface area (Å²) < 4.78 is 11.2. The quantitative estimate of drug-likeness (QED) is 0.455. The average molecular weight is 428 g/mol. The SMILES string of the molecule is Cc1oc(-c2ccc(-c3ccccc3)cc2)nc1CN1CCN(C(=O)c2ccco2)CC1. The van der Waals surface area contributed by atoms with E-state index < -0.39 is 0 Å². The Hall–Kier alpha value is -3.64. The third kappa shape index (κ3) is 4.22. The van der Waals surface area contributed by atoms with Crippen LogP contribution in [0, 0.1) is 6.92 Å². The maximum absolute atomic E-state index is 12.4. The number of piperazine rings is 1. The van der Waals surface area contributed by atoms with Gasteiger partial charge in [-0.25, -0.2) is 4.98 Å². The van der Waals surface area contributed by atoms with E-state index in [0.29, 0.717) is 31.3 Å². The van der Waals surface area contributed by atoms with Crippen molar-refractivity contribution < 1.29 is 13.6 Å². The highest BCUT2D eigenvalue weighted by Gasteiger charge is 2.25. The topological polar surface area (TPSA) is 62.7 Å². The lowest BCUT2D eigenvalue weighted by Crippen LogP contribution is -2.48. The first-order chi connectivity index (χ1) is 15.7. The van der Waals surface area contributed by atoms with E-state index in [1.807, 2.05) is 30.0 Å². The molecule has 5 rings (SSSR count). The summed E-state index contributed by atoms with van der Waals surface area (Å²) >= 11 is 0. The number of nitrogens with zero attached hydrogens (tertiary/aromatic N) is 3. The molecule has 32 heavy (non-hydrogen) atoms. The zero-order valence-electron chi connectivity index (χ0n) is 18.0. The van der Waals surface area contributed by atoms with E-state index in [2.05, 4.69) is 41.3 Å². The van der Waals surface area contributed by atoms with Crippen molar-refractivity contribution in [1.82, 2.24) is 14.8 Å². The molecule has 0 bridgehead atoms. The van der Waals surface area contributed by atoms with Gasteiger partial charge in [0.25, 0.3) is 5.91 Å². The summed E-state index contributed by atoms with van der Waals surface area (Å²) in [5.41, 5.74) is 4.26. The van der Waals surface area contributed by atoms with Gasteiger partial charge in [-0.2, -0.15) is 0 Å². The van der Waals surface area contributed by atoms with Crippen molar-refractivity contribution in [2.24, 2.45) is 0 Å². The number of aryl methyl sites for hydroxylation is 1. The predicted molar refractivity (Wildman–Crippen MR) is 122 cm³/mol. The van der Waals surface area contributed by atoms with E-state index in [9.17, 15) is 4.79 Å². The van der Waals surface area contributed by atoms with Gasteiger partial charge >= 0.3 is 0 Å². The molecule has 0 unspecified atom stereocenters. The molecule has 0 saturated carbocycles. The van der Waals surface area contributed by atoms with Gasteiger partial charge in [0, 0.05) is 38.3 Å². The Morgan fingerprint density at radius 2 is 1.56 bits per heavy atom. The third-order valence-electron chi connectivity index (χ3n) is 5.90. The maximum atomic E-state index is 12.4. The second-order valence-electron chi connectivity index (χ2n) is 8.01. The molecule has 0 spiro atoms. The number of aromatic nitrogens is 1. The largest absolute Gasteiger partial charge is 0.459 e. The van der Waals surface area contributed by atoms with Gasteiger partial charge in [0.15, 0.2) is 5.76 Å². The minimum atomic E-state index is -0.0477. The van der Waals surface area contributed by atoms with Gasteiger partial charge < -0.3 is 13.7 Å². The van der Waals surface area contributed by atoms with Crippen LogP contribution in [0.4, 0.5) is 0 Å². The third-order valence-corrected chi connectivity index (χ3v) is 5.90. The molecule has 0 atom stereocenters. The lowest BCUT2D eigenvalue weighted by molar-refractivity contribution is 0.0596. The van der Waals surface area contributed by atoms with Crippen molar-refractivity contribution in [2.75, 3.05) is 26.2 Å². The molecule has 4 aromatic rings. The minimum absolute atomic E-state index is 0.0477. The van der Waals surface area contributed by atoms with E-state index in [4.69, 9.17) is 13.8 Å². The fourth-order valence-corrected chi connectivity index (χ4v) is 4.01. The smallest absolute Gasteiger partial charge is 0.289 e. The number of furan rings is 1. The molecule has 162 valence electrons. The Morgan fingerprint density at radius 1 is 0.875 bits per heavy atom. The molecule has 3 heterocycles. The van der Waals surface area contributed by atoms with Crippen molar-refractivity contribution in [2.45, 2.75) is 13.5 Å². The summed E-state index contributed by atoms with van der Waals surface area (Å²) in [5.74, 6) is 1.83. The predicted octanol–water partition coefficient (Wildman–Crippen LogP) is 4.87. The summed E-state index contributed by atoms with van der Waals surface area (Å²) in [6.07, 6.45) is 1.53. The Labute approximate surface area is 187 Å².